The average molecular weight is 403 g/mol. The molecule has 0 unspecified atom stereocenters. The molecule has 0 bridgehead atoms. The molecule has 30 heavy (non-hydrogen) atoms. The summed E-state index contributed by atoms with van der Waals surface area (Å²) in [4.78, 5) is 16.0. The van der Waals surface area contributed by atoms with Gasteiger partial charge in [0.15, 0.2) is 5.69 Å². The molecule has 0 aliphatic carbocycles. The Morgan fingerprint density at radius 2 is 2.03 bits per heavy atom. The number of carboxylic acid groups (broad SMARTS) is 1. The van der Waals surface area contributed by atoms with E-state index in [4.69, 9.17) is 9.52 Å². The van der Waals surface area contributed by atoms with Gasteiger partial charge in [-0.05, 0) is 35.0 Å². The van der Waals surface area contributed by atoms with Gasteiger partial charge >= 0.3 is 5.97 Å². The highest BCUT2D eigenvalue weighted by molar-refractivity contribution is 5.84. The summed E-state index contributed by atoms with van der Waals surface area (Å²) in [6, 6.07) is 13.6. The summed E-state index contributed by atoms with van der Waals surface area (Å²) >= 11 is 0. The molecule has 2 aromatic heterocycles. The van der Waals surface area contributed by atoms with Gasteiger partial charge in [-0.2, -0.15) is 4.80 Å². The summed E-state index contributed by atoms with van der Waals surface area (Å²) in [6.07, 6.45) is 1.57. The van der Waals surface area contributed by atoms with Gasteiger partial charge < -0.3 is 9.52 Å². The van der Waals surface area contributed by atoms with E-state index in [-0.39, 0.29) is 23.9 Å². The van der Waals surface area contributed by atoms with Gasteiger partial charge in [0, 0.05) is 17.5 Å². The van der Waals surface area contributed by atoms with Crippen molar-refractivity contribution in [2.75, 3.05) is 0 Å². The predicted molar refractivity (Wildman–Crippen MR) is 103 cm³/mol. The molecule has 0 atom stereocenters. The van der Waals surface area contributed by atoms with E-state index in [1.165, 1.54) is 16.9 Å². The molecule has 4 aromatic rings. The SMILES string of the molecule is O=C(O)c1coc(Cn2nnc(-c3cccc(C#CCc4ccc(F)cc4)c3)n2)n1. The molecule has 0 fully saturated rings. The molecule has 0 saturated heterocycles. The van der Waals surface area contributed by atoms with Crippen molar-refractivity contribution in [2.24, 2.45) is 0 Å². The van der Waals surface area contributed by atoms with Crippen molar-refractivity contribution in [3.05, 3.63) is 83.3 Å². The Morgan fingerprint density at radius 3 is 2.80 bits per heavy atom. The number of aromatic nitrogens is 5. The van der Waals surface area contributed by atoms with E-state index in [1.54, 1.807) is 12.1 Å². The quantitative estimate of drug-likeness (QED) is 0.511. The van der Waals surface area contributed by atoms with Crippen LogP contribution < -0.4 is 0 Å². The van der Waals surface area contributed by atoms with E-state index >= 15 is 0 Å². The lowest BCUT2D eigenvalue weighted by Crippen LogP contribution is -2.05. The Labute approximate surface area is 170 Å². The first-order chi connectivity index (χ1) is 14.6. The van der Waals surface area contributed by atoms with E-state index in [2.05, 4.69) is 32.2 Å². The molecule has 0 spiro atoms. The molecule has 8 nitrogen and oxygen atoms in total. The van der Waals surface area contributed by atoms with E-state index in [1.807, 2.05) is 24.3 Å². The Morgan fingerprint density at radius 1 is 1.20 bits per heavy atom. The summed E-state index contributed by atoms with van der Waals surface area (Å²) < 4.78 is 18.0. The number of benzene rings is 2. The van der Waals surface area contributed by atoms with Gasteiger partial charge in [0.1, 0.15) is 18.6 Å². The Hall–Kier alpha value is -4.32. The van der Waals surface area contributed by atoms with Crippen molar-refractivity contribution in [1.29, 1.82) is 0 Å². The predicted octanol–water partition coefficient (Wildman–Crippen LogP) is 2.81. The summed E-state index contributed by atoms with van der Waals surface area (Å²) in [5.41, 5.74) is 2.26. The smallest absolute Gasteiger partial charge is 0.357 e. The fraction of sp³-hybridized carbons (Fsp3) is 0.0952. The van der Waals surface area contributed by atoms with Crippen LogP contribution in [0.15, 0.2) is 59.2 Å². The molecule has 1 N–H and O–H groups in total. The highest BCUT2D eigenvalue weighted by Gasteiger charge is 2.13. The van der Waals surface area contributed by atoms with Crippen molar-refractivity contribution >= 4 is 5.97 Å². The number of hydrogen-bond acceptors (Lipinski definition) is 6. The molecule has 4 rings (SSSR count). The molecule has 0 saturated carbocycles. The van der Waals surface area contributed by atoms with Gasteiger partial charge in [0.25, 0.3) is 0 Å². The maximum absolute atomic E-state index is 12.9. The maximum Gasteiger partial charge on any atom is 0.357 e. The largest absolute Gasteiger partial charge is 0.476 e. The molecular weight excluding hydrogens is 389 g/mol. The number of carboxylic acids is 1. The van der Waals surface area contributed by atoms with Crippen LogP contribution in [-0.4, -0.2) is 36.3 Å². The minimum Gasteiger partial charge on any atom is -0.476 e. The first-order valence-corrected chi connectivity index (χ1v) is 8.86. The normalized spacial score (nSPS) is 10.4. The first-order valence-electron chi connectivity index (χ1n) is 8.86. The van der Waals surface area contributed by atoms with Gasteiger partial charge in [0.2, 0.25) is 11.7 Å². The minimum absolute atomic E-state index is 0.0530. The fourth-order valence-corrected chi connectivity index (χ4v) is 2.62. The van der Waals surface area contributed by atoms with Crippen molar-refractivity contribution < 1.29 is 18.7 Å². The number of hydrogen-bond donors (Lipinski definition) is 1. The topological polar surface area (TPSA) is 107 Å². The molecule has 2 heterocycles. The van der Waals surface area contributed by atoms with E-state index < -0.39 is 5.97 Å². The van der Waals surface area contributed by atoms with E-state index in [9.17, 15) is 9.18 Å². The third-order valence-electron chi connectivity index (χ3n) is 4.06. The van der Waals surface area contributed by atoms with Crippen LogP contribution in [0.2, 0.25) is 0 Å². The maximum atomic E-state index is 12.9. The van der Waals surface area contributed by atoms with Crippen LogP contribution in [0, 0.1) is 17.7 Å². The molecule has 148 valence electrons. The second-order valence-electron chi connectivity index (χ2n) is 6.26. The summed E-state index contributed by atoms with van der Waals surface area (Å²) in [7, 11) is 0. The zero-order valence-corrected chi connectivity index (χ0v) is 15.5. The molecule has 0 radical (unpaired) electrons. The Bertz CT molecular complexity index is 1250. The summed E-state index contributed by atoms with van der Waals surface area (Å²) in [6.45, 7) is 0.0530. The number of nitrogens with zero attached hydrogens (tertiary/aromatic N) is 5. The van der Waals surface area contributed by atoms with Gasteiger partial charge in [-0.1, -0.05) is 36.1 Å². The van der Waals surface area contributed by atoms with Crippen LogP contribution in [0.1, 0.15) is 27.5 Å². The van der Waals surface area contributed by atoms with Gasteiger partial charge in [-0.15, -0.1) is 10.2 Å². The molecule has 2 aromatic carbocycles. The third-order valence-corrected chi connectivity index (χ3v) is 4.06. The number of tetrazole rings is 1. The van der Waals surface area contributed by atoms with Crippen LogP contribution in [0.4, 0.5) is 4.39 Å². The Balaban J connectivity index is 1.45. The van der Waals surface area contributed by atoms with Gasteiger partial charge in [-0.25, -0.2) is 14.2 Å². The molecule has 9 heteroatoms. The van der Waals surface area contributed by atoms with Crippen molar-refractivity contribution in [3.8, 4) is 23.2 Å². The van der Waals surface area contributed by atoms with E-state index in [0.717, 1.165) is 23.0 Å². The fourth-order valence-electron chi connectivity index (χ4n) is 2.62. The van der Waals surface area contributed by atoms with E-state index in [0.29, 0.717) is 12.2 Å². The number of oxazole rings is 1. The second-order valence-corrected chi connectivity index (χ2v) is 6.26. The average Bonchev–Trinajstić information content (AvgIpc) is 3.40. The highest BCUT2D eigenvalue weighted by atomic mass is 19.1. The van der Waals surface area contributed by atoms with Crippen molar-refractivity contribution in [3.63, 3.8) is 0 Å². The lowest BCUT2D eigenvalue weighted by Gasteiger charge is -1.97. The molecule has 0 aliphatic heterocycles. The van der Waals surface area contributed by atoms with Crippen LogP contribution in [0.25, 0.3) is 11.4 Å². The van der Waals surface area contributed by atoms with Gasteiger partial charge in [-0.3, -0.25) is 0 Å². The zero-order valence-electron chi connectivity index (χ0n) is 15.5. The van der Waals surface area contributed by atoms with Crippen molar-refractivity contribution in [2.45, 2.75) is 13.0 Å². The van der Waals surface area contributed by atoms with Crippen LogP contribution in [0.5, 0.6) is 0 Å². The number of halogens is 1. The molecule has 0 aliphatic rings. The zero-order chi connectivity index (χ0) is 20.9. The van der Waals surface area contributed by atoms with Crippen LogP contribution in [-0.2, 0) is 13.0 Å². The second kappa shape index (κ2) is 8.36. The summed E-state index contributed by atoms with van der Waals surface area (Å²) in [5, 5.41) is 21.1. The van der Waals surface area contributed by atoms with Crippen molar-refractivity contribution in [1.82, 2.24) is 25.2 Å². The molecular formula is C21H14FN5O3. The van der Waals surface area contributed by atoms with Gasteiger partial charge in [0.05, 0.1) is 0 Å². The van der Waals surface area contributed by atoms with Crippen LogP contribution in [0.3, 0.4) is 0 Å². The number of carbonyl (C=O) groups is 1. The standard InChI is InChI=1S/C21H14FN5O3/c22-17-9-7-14(8-10-17)3-1-4-15-5-2-6-16(11-15)20-24-26-27(25-20)12-19-23-18(13-30-19)21(28)29/h2,5-11,13H,3,12H2,(H,28,29). The number of aromatic carboxylic acids is 1. The number of rotatable bonds is 5. The minimum atomic E-state index is -1.17. The highest BCUT2D eigenvalue weighted by Crippen LogP contribution is 2.15. The first kappa shape index (κ1) is 19.0. The monoisotopic (exact) mass is 403 g/mol. The summed E-state index contributed by atoms with van der Waals surface area (Å²) in [5.74, 6) is 5.24. The lowest BCUT2D eigenvalue weighted by molar-refractivity contribution is 0.0690. The Kier molecular flexibility index (Phi) is 5.30. The third kappa shape index (κ3) is 4.56. The van der Waals surface area contributed by atoms with Crippen LogP contribution >= 0.6 is 0 Å². The molecule has 0 amide bonds. The lowest BCUT2D eigenvalue weighted by atomic mass is 10.1.